The number of hydrogen-bond donors (Lipinski definition) is 0. The molecule has 7 nitrogen and oxygen atoms in total. The maximum absolute atomic E-state index is 12.5. The molecule has 138 valence electrons. The fraction of sp³-hybridized carbons (Fsp3) is 0.389. The summed E-state index contributed by atoms with van der Waals surface area (Å²) < 4.78 is 10.6. The minimum atomic E-state index is -0.0111. The summed E-state index contributed by atoms with van der Waals surface area (Å²) in [6, 6.07) is 5.50. The van der Waals surface area contributed by atoms with E-state index in [-0.39, 0.29) is 5.91 Å². The van der Waals surface area contributed by atoms with Crippen molar-refractivity contribution in [2.45, 2.75) is 6.92 Å². The van der Waals surface area contributed by atoms with E-state index in [0.29, 0.717) is 18.8 Å². The van der Waals surface area contributed by atoms with Crippen molar-refractivity contribution in [3.63, 3.8) is 0 Å². The molecule has 2 heterocycles. The van der Waals surface area contributed by atoms with Gasteiger partial charge in [0.1, 0.15) is 16.5 Å². The number of hydrogen-bond acceptors (Lipinski definition) is 7. The Hall–Kier alpha value is -2.61. The van der Waals surface area contributed by atoms with Gasteiger partial charge in [0.25, 0.3) is 0 Å². The summed E-state index contributed by atoms with van der Waals surface area (Å²) in [5.74, 6) is 1.41. The van der Waals surface area contributed by atoms with Crippen LogP contribution < -0.4 is 14.4 Å². The van der Waals surface area contributed by atoms with Crippen LogP contribution in [0, 0.1) is 6.92 Å². The molecule has 2 aromatic rings. The molecular formula is C18H22N4O3S. The molecule has 1 aromatic carbocycles. The van der Waals surface area contributed by atoms with E-state index in [1.54, 1.807) is 37.7 Å². The summed E-state index contributed by atoms with van der Waals surface area (Å²) in [5.41, 5.74) is 0.808. The van der Waals surface area contributed by atoms with E-state index in [4.69, 9.17) is 9.47 Å². The lowest BCUT2D eigenvalue weighted by Crippen LogP contribution is -2.48. The van der Waals surface area contributed by atoms with E-state index >= 15 is 0 Å². The number of benzene rings is 1. The van der Waals surface area contributed by atoms with Crippen molar-refractivity contribution < 1.29 is 14.3 Å². The van der Waals surface area contributed by atoms with Crippen LogP contribution >= 0.6 is 11.3 Å². The lowest BCUT2D eigenvalue weighted by atomic mass is 10.1. The third-order valence-corrected chi connectivity index (χ3v) is 5.12. The predicted octanol–water partition coefficient (Wildman–Crippen LogP) is 2.23. The highest BCUT2D eigenvalue weighted by molar-refractivity contribution is 7.15. The molecule has 1 amide bonds. The van der Waals surface area contributed by atoms with Crippen LogP contribution in [0.25, 0.3) is 6.08 Å². The third kappa shape index (κ3) is 4.13. The number of ether oxygens (including phenoxy) is 2. The number of rotatable bonds is 5. The van der Waals surface area contributed by atoms with Crippen LogP contribution in [0.15, 0.2) is 24.3 Å². The van der Waals surface area contributed by atoms with E-state index in [9.17, 15) is 4.79 Å². The monoisotopic (exact) mass is 374 g/mol. The van der Waals surface area contributed by atoms with Gasteiger partial charge < -0.3 is 19.3 Å². The Balaban J connectivity index is 1.61. The summed E-state index contributed by atoms with van der Waals surface area (Å²) in [5, 5.41) is 10.1. The smallest absolute Gasteiger partial charge is 0.246 e. The van der Waals surface area contributed by atoms with Gasteiger partial charge >= 0.3 is 0 Å². The zero-order valence-corrected chi connectivity index (χ0v) is 16.0. The highest BCUT2D eigenvalue weighted by Crippen LogP contribution is 2.25. The first-order valence-corrected chi connectivity index (χ1v) is 9.16. The molecule has 0 saturated carbocycles. The number of anilines is 1. The van der Waals surface area contributed by atoms with Gasteiger partial charge in [0.15, 0.2) is 0 Å². The van der Waals surface area contributed by atoms with Gasteiger partial charge in [0.05, 0.1) is 14.2 Å². The van der Waals surface area contributed by atoms with Crippen LogP contribution in [0.4, 0.5) is 5.13 Å². The molecule has 1 aromatic heterocycles. The van der Waals surface area contributed by atoms with E-state index in [1.807, 2.05) is 30.0 Å². The molecule has 0 radical (unpaired) electrons. The van der Waals surface area contributed by atoms with Crippen LogP contribution in [0.5, 0.6) is 11.5 Å². The lowest BCUT2D eigenvalue weighted by molar-refractivity contribution is -0.126. The molecular weight excluding hydrogens is 352 g/mol. The normalized spacial score (nSPS) is 14.7. The number of aromatic nitrogens is 2. The van der Waals surface area contributed by atoms with Crippen molar-refractivity contribution in [2.75, 3.05) is 45.3 Å². The van der Waals surface area contributed by atoms with Crippen LogP contribution in [0.2, 0.25) is 0 Å². The standard InChI is InChI=1S/C18H22N4O3S/c1-13-19-20-18(26-13)22-10-8-21(9-11-22)17(23)7-4-14-12-15(24-2)5-6-16(14)25-3/h4-7,12H,8-11H2,1-3H3/b7-4+. The number of piperazine rings is 1. The fourth-order valence-electron chi connectivity index (χ4n) is 2.77. The average molecular weight is 374 g/mol. The number of nitrogens with zero attached hydrogens (tertiary/aromatic N) is 4. The van der Waals surface area contributed by atoms with Gasteiger partial charge in [-0.15, -0.1) is 10.2 Å². The van der Waals surface area contributed by atoms with E-state index in [2.05, 4.69) is 15.1 Å². The van der Waals surface area contributed by atoms with Crippen LogP contribution in [0.1, 0.15) is 10.6 Å². The number of amides is 1. The molecule has 26 heavy (non-hydrogen) atoms. The maximum atomic E-state index is 12.5. The van der Waals surface area contributed by atoms with Gasteiger partial charge in [-0.1, -0.05) is 11.3 Å². The average Bonchev–Trinajstić information content (AvgIpc) is 3.12. The van der Waals surface area contributed by atoms with Crippen molar-refractivity contribution in [2.24, 2.45) is 0 Å². The van der Waals surface area contributed by atoms with Crippen molar-refractivity contribution in [3.05, 3.63) is 34.8 Å². The van der Waals surface area contributed by atoms with Gasteiger partial charge in [0.2, 0.25) is 11.0 Å². The SMILES string of the molecule is COc1ccc(OC)c(/C=C/C(=O)N2CCN(c3nnc(C)s3)CC2)c1. The Morgan fingerprint density at radius 3 is 2.54 bits per heavy atom. The van der Waals surface area contributed by atoms with Crippen LogP contribution in [-0.2, 0) is 4.79 Å². The Kier molecular flexibility index (Phi) is 5.72. The van der Waals surface area contributed by atoms with Gasteiger partial charge in [-0.2, -0.15) is 0 Å². The third-order valence-electron chi connectivity index (χ3n) is 4.22. The molecule has 0 unspecified atom stereocenters. The van der Waals surface area contributed by atoms with Crippen molar-refractivity contribution in [1.82, 2.24) is 15.1 Å². The Morgan fingerprint density at radius 2 is 1.92 bits per heavy atom. The maximum Gasteiger partial charge on any atom is 0.246 e. The number of carbonyl (C=O) groups excluding carboxylic acids is 1. The largest absolute Gasteiger partial charge is 0.497 e. The van der Waals surface area contributed by atoms with Gasteiger partial charge in [-0.25, -0.2) is 0 Å². The van der Waals surface area contributed by atoms with Crippen LogP contribution in [0.3, 0.4) is 0 Å². The minimum Gasteiger partial charge on any atom is -0.497 e. The van der Waals surface area contributed by atoms with Crippen molar-refractivity contribution in [1.29, 1.82) is 0 Å². The zero-order valence-electron chi connectivity index (χ0n) is 15.1. The molecule has 1 saturated heterocycles. The van der Waals surface area contributed by atoms with Gasteiger partial charge in [-0.3, -0.25) is 4.79 Å². The van der Waals surface area contributed by atoms with E-state index in [1.165, 1.54) is 0 Å². The lowest BCUT2D eigenvalue weighted by Gasteiger charge is -2.33. The molecule has 0 aliphatic carbocycles. The Labute approximate surface area is 156 Å². The number of carbonyl (C=O) groups is 1. The Bertz CT molecular complexity index is 797. The second kappa shape index (κ2) is 8.18. The quantitative estimate of drug-likeness (QED) is 0.748. The molecule has 1 aliphatic rings. The first kappa shape index (κ1) is 18.2. The molecule has 0 N–H and O–H groups in total. The molecule has 0 atom stereocenters. The van der Waals surface area contributed by atoms with Crippen LogP contribution in [-0.4, -0.2) is 61.4 Å². The highest BCUT2D eigenvalue weighted by Gasteiger charge is 2.21. The van der Waals surface area contributed by atoms with Crippen molar-refractivity contribution in [3.8, 4) is 11.5 Å². The predicted molar refractivity (Wildman–Crippen MR) is 102 cm³/mol. The fourth-order valence-corrected chi connectivity index (χ4v) is 3.51. The molecule has 0 bridgehead atoms. The molecule has 0 spiro atoms. The molecule has 1 aliphatic heterocycles. The summed E-state index contributed by atoms with van der Waals surface area (Å²) in [7, 11) is 3.22. The highest BCUT2D eigenvalue weighted by atomic mass is 32.1. The topological polar surface area (TPSA) is 67.8 Å². The zero-order chi connectivity index (χ0) is 18.5. The second-order valence-corrected chi connectivity index (χ2v) is 7.02. The number of methoxy groups -OCH3 is 2. The molecule has 1 fully saturated rings. The first-order chi connectivity index (χ1) is 12.6. The second-order valence-electron chi connectivity index (χ2n) is 5.86. The minimum absolute atomic E-state index is 0.0111. The van der Waals surface area contributed by atoms with Gasteiger partial charge in [-0.05, 0) is 31.2 Å². The first-order valence-electron chi connectivity index (χ1n) is 8.35. The Morgan fingerprint density at radius 1 is 1.15 bits per heavy atom. The van der Waals surface area contributed by atoms with Gasteiger partial charge in [0, 0.05) is 37.8 Å². The summed E-state index contributed by atoms with van der Waals surface area (Å²) in [6.45, 7) is 4.79. The number of aryl methyl sites for hydroxylation is 1. The summed E-state index contributed by atoms with van der Waals surface area (Å²) >= 11 is 1.58. The summed E-state index contributed by atoms with van der Waals surface area (Å²) in [6.07, 6.45) is 3.35. The molecule has 8 heteroatoms. The van der Waals surface area contributed by atoms with Crippen molar-refractivity contribution >= 4 is 28.5 Å². The van der Waals surface area contributed by atoms with E-state index < -0.39 is 0 Å². The van der Waals surface area contributed by atoms with E-state index in [0.717, 1.165) is 34.5 Å². The summed E-state index contributed by atoms with van der Waals surface area (Å²) in [4.78, 5) is 16.5. The molecule has 3 rings (SSSR count).